The molecule has 8 heteroatoms. The third-order valence-corrected chi connectivity index (χ3v) is 3.58. The lowest BCUT2D eigenvalue weighted by Gasteiger charge is -2.15. The van der Waals surface area contributed by atoms with Crippen LogP contribution in [0.5, 0.6) is 0 Å². The van der Waals surface area contributed by atoms with E-state index in [1.165, 1.54) is 12.1 Å². The van der Waals surface area contributed by atoms with Gasteiger partial charge in [-0.05, 0) is 24.6 Å². The first-order valence-electron chi connectivity index (χ1n) is 5.63. The number of thiocarbonyl (C=S) groups is 1. The van der Waals surface area contributed by atoms with Gasteiger partial charge in [-0.15, -0.1) is 0 Å². The number of benzene rings is 1. The lowest BCUT2D eigenvalue weighted by Crippen LogP contribution is -2.32. The summed E-state index contributed by atoms with van der Waals surface area (Å²) < 4.78 is 38.1. The largest absolute Gasteiger partial charge is 0.417 e. The minimum Gasteiger partial charge on any atom is -0.393 e. The van der Waals surface area contributed by atoms with Gasteiger partial charge in [-0.2, -0.15) is 13.2 Å². The van der Waals surface area contributed by atoms with Gasteiger partial charge in [0.1, 0.15) is 0 Å². The third-order valence-electron chi connectivity index (χ3n) is 2.61. The monoisotopic (exact) mass is 368 g/mol. The van der Waals surface area contributed by atoms with Gasteiger partial charge in [-0.3, -0.25) is 4.79 Å². The number of halogens is 4. The van der Waals surface area contributed by atoms with Gasteiger partial charge in [-0.25, -0.2) is 0 Å². The van der Waals surface area contributed by atoms with E-state index in [0.29, 0.717) is 6.42 Å². The second kappa shape index (κ2) is 6.53. The van der Waals surface area contributed by atoms with Crippen LogP contribution in [-0.2, 0) is 11.0 Å². The fourth-order valence-electron chi connectivity index (χ4n) is 1.57. The van der Waals surface area contributed by atoms with Gasteiger partial charge < -0.3 is 11.1 Å². The molecule has 20 heavy (non-hydrogen) atoms. The minimum absolute atomic E-state index is 0.0122. The first kappa shape index (κ1) is 16.9. The van der Waals surface area contributed by atoms with Gasteiger partial charge in [0, 0.05) is 10.2 Å². The van der Waals surface area contributed by atoms with E-state index in [1.54, 1.807) is 6.92 Å². The third kappa shape index (κ3) is 4.17. The zero-order valence-electron chi connectivity index (χ0n) is 10.4. The maximum absolute atomic E-state index is 12.7. The predicted molar refractivity (Wildman–Crippen MR) is 78.3 cm³/mol. The lowest BCUT2D eigenvalue weighted by molar-refractivity contribution is -0.138. The molecule has 0 fully saturated rings. The first-order valence-corrected chi connectivity index (χ1v) is 6.83. The number of hydrogen-bond donors (Lipinski definition) is 2. The molecule has 1 aromatic carbocycles. The number of carbonyl (C=O) groups is 1. The highest BCUT2D eigenvalue weighted by molar-refractivity contribution is 9.10. The van der Waals surface area contributed by atoms with Crippen molar-refractivity contribution in [1.82, 2.24) is 0 Å². The van der Waals surface area contributed by atoms with Crippen molar-refractivity contribution >= 4 is 44.7 Å². The Bertz CT molecular complexity index is 534. The van der Waals surface area contributed by atoms with Crippen molar-refractivity contribution in [2.24, 2.45) is 11.7 Å². The quantitative estimate of drug-likeness (QED) is 0.796. The van der Waals surface area contributed by atoms with Crippen molar-refractivity contribution in [2.75, 3.05) is 5.32 Å². The van der Waals surface area contributed by atoms with Crippen LogP contribution >= 0.6 is 28.1 Å². The molecule has 1 unspecified atom stereocenters. The summed E-state index contributed by atoms with van der Waals surface area (Å²) in [7, 11) is 0. The summed E-state index contributed by atoms with van der Waals surface area (Å²) in [6.45, 7) is 1.71. The van der Waals surface area contributed by atoms with Gasteiger partial charge in [-0.1, -0.05) is 35.1 Å². The highest BCUT2D eigenvalue weighted by atomic mass is 79.9. The maximum Gasteiger partial charge on any atom is 0.417 e. The summed E-state index contributed by atoms with van der Waals surface area (Å²) in [5, 5.41) is 2.39. The Morgan fingerprint density at radius 1 is 1.50 bits per heavy atom. The summed E-state index contributed by atoms with van der Waals surface area (Å²) in [6, 6.07) is 3.44. The van der Waals surface area contributed by atoms with E-state index >= 15 is 0 Å². The zero-order valence-corrected chi connectivity index (χ0v) is 12.8. The number of rotatable bonds is 4. The van der Waals surface area contributed by atoms with Crippen molar-refractivity contribution in [3.63, 3.8) is 0 Å². The van der Waals surface area contributed by atoms with Crippen molar-refractivity contribution < 1.29 is 18.0 Å². The summed E-state index contributed by atoms with van der Waals surface area (Å²) in [5.41, 5.74) is 4.59. The fourth-order valence-corrected chi connectivity index (χ4v) is 2.31. The highest BCUT2D eigenvalue weighted by Crippen LogP contribution is 2.36. The maximum atomic E-state index is 12.7. The molecule has 1 atom stereocenters. The SMILES string of the molecule is CCC(C(=O)Nc1ccc(Br)c(C(F)(F)F)c1)C(N)=S. The molecule has 0 saturated heterocycles. The molecule has 0 saturated carbocycles. The van der Waals surface area contributed by atoms with Crippen LogP contribution in [-0.4, -0.2) is 10.9 Å². The van der Waals surface area contributed by atoms with Crippen molar-refractivity contribution in [3.05, 3.63) is 28.2 Å². The summed E-state index contributed by atoms with van der Waals surface area (Å²) in [4.78, 5) is 11.9. The molecule has 110 valence electrons. The van der Waals surface area contributed by atoms with Gasteiger partial charge in [0.05, 0.1) is 16.5 Å². The van der Waals surface area contributed by atoms with E-state index in [0.717, 1.165) is 6.07 Å². The van der Waals surface area contributed by atoms with Crippen LogP contribution in [0.15, 0.2) is 22.7 Å². The standard InChI is InChI=1S/C12H12BrF3N2OS/c1-2-7(10(17)20)11(19)18-6-3-4-9(13)8(5-6)12(14,15)16/h3-5,7H,2H2,1H3,(H2,17,20)(H,18,19). The normalized spacial score (nSPS) is 12.8. The fraction of sp³-hybridized carbons (Fsp3) is 0.333. The van der Waals surface area contributed by atoms with Crippen LogP contribution in [0.2, 0.25) is 0 Å². The molecule has 0 radical (unpaired) electrons. The molecule has 0 aliphatic rings. The molecule has 1 aromatic rings. The Labute approximate surface area is 127 Å². The first-order chi connectivity index (χ1) is 9.16. The number of hydrogen-bond acceptors (Lipinski definition) is 2. The van der Waals surface area contributed by atoms with E-state index in [2.05, 4.69) is 21.2 Å². The molecule has 1 amide bonds. The number of amides is 1. The molecular formula is C12H12BrF3N2OS. The Kier molecular flexibility index (Phi) is 5.52. The Balaban J connectivity index is 3.00. The average molecular weight is 369 g/mol. The van der Waals surface area contributed by atoms with Crippen LogP contribution in [0.3, 0.4) is 0 Å². The molecule has 3 N–H and O–H groups in total. The highest BCUT2D eigenvalue weighted by Gasteiger charge is 2.33. The molecule has 1 rings (SSSR count). The van der Waals surface area contributed by atoms with Gasteiger partial charge in [0.15, 0.2) is 0 Å². The molecule has 0 bridgehead atoms. The molecule has 0 aliphatic carbocycles. The Morgan fingerprint density at radius 2 is 2.10 bits per heavy atom. The van der Waals surface area contributed by atoms with E-state index in [-0.39, 0.29) is 15.1 Å². The van der Waals surface area contributed by atoms with Crippen molar-refractivity contribution in [2.45, 2.75) is 19.5 Å². The summed E-state index contributed by atoms with van der Waals surface area (Å²) >= 11 is 7.57. The van der Waals surface area contributed by atoms with E-state index in [1.807, 2.05) is 0 Å². The second-order valence-electron chi connectivity index (χ2n) is 4.04. The summed E-state index contributed by atoms with van der Waals surface area (Å²) in [5.74, 6) is -1.22. The van der Waals surface area contributed by atoms with Crippen LogP contribution in [0.1, 0.15) is 18.9 Å². The van der Waals surface area contributed by atoms with Crippen LogP contribution in [0, 0.1) is 5.92 Å². The number of nitrogens with two attached hydrogens (primary N) is 1. The van der Waals surface area contributed by atoms with Crippen LogP contribution in [0.25, 0.3) is 0 Å². The Morgan fingerprint density at radius 3 is 2.55 bits per heavy atom. The van der Waals surface area contributed by atoms with Gasteiger partial charge in [0.2, 0.25) is 5.91 Å². The zero-order chi connectivity index (χ0) is 15.5. The van der Waals surface area contributed by atoms with Gasteiger partial charge >= 0.3 is 6.18 Å². The molecular weight excluding hydrogens is 357 g/mol. The van der Waals surface area contributed by atoms with Gasteiger partial charge in [0.25, 0.3) is 0 Å². The average Bonchev–Trinajstić information content (AvgIpc) is 2.30. The van der Waals surface area contributed by atoms with E-state index < -0.39 is 23.6 Å². The minimum atomic E-state index is -4.51. The number of nitrogens with one attached hydrogen (secondary N) is 1. The molecule has 0 heterocycles. The molecule has 0 aromatic heterocycles. The smallest absolute Gasteiger partial charge is 0.393 e. The lowest BCUT2D eigenvalue weighted by atomic mass is 10.1. The summed E-state index contributed by atoms with van der Waals surface area (Å²) in [6.07, 6.45) is -4.13. The second-order valence-corrected chi connectivity index (χ2v) is 5.37. The van der Waals surface area contributed by atoms with E-state index in [4.69, 9.17) is 18.0 Å². The molecule has 0 aliphatic heterocycles. The predicted octanol–water partition coefficient (Wildman–Crippen LogP) is 3.72. The number of carbonyl (C=O) groups excluding carboxylic acids is 1. The Hall–Kier alpha value is -1.15. The van der Waals surface area contributed by atoms with Crippen LogP contribution in [0.4, 0.5) is 18.9 Å². The van der Waals surface area contributed by atoms with Crippen molar-refractivity contribution in [3.8, 4) is 0 Å². The van der Waals surface area contributed by atoms with Crippen LogP contribution < -0.4 is 11.1 Å². The van der Waals surface area contributed by atoms with Crippen molar-refractivity contribution in [1.29, 1.82) is 0 Å². The number of anilines is 1. The van der Waals surface area contributed by atoms with E-state index in [9.17, 15) is 18.0 Å². The topological polar surface area (TPSA) is 55.1 Å². The molecule has 0 spiro atoms. The number of alkyl halides is 3. The molecule has 3 nitrogen and oxygen atoms in total.